The summed E-state index contributed by atoms with van der Waals surface area (Å²) < 4.78 is 3.13. The van der Waals surface area contributed by atoms with E-state index in [1.807, 2.05) is 43.3 Å². The van der Waals surface area contributed by atoms with Crippen LogP contribution in [0.25, 0.3) is 11.4 Å². The molecule has 0 spiro atoms. The summed E-state index contributed by atoms with van der Waals surface area (Å²) in [6.45, 7) is 3.65. The predicted octanol–water partition coefficient (Wildman–Crippen LogP) is 4.42. The third kappa shape index (κ3) is 3.56. The van der Waals surface area contributed by atoms with Gasteiger partial charge in [-0.1, -0.05) is 78.4 Å². The lowest BCUT2D eigenvalue weighted by Gasteiger charge is -2.24. The maximum Gasteiger partial charge on any atom is 0.300 e. The minimum atomic E-state index is -0.967. The van der Waals surface area contributed by atoms with Gasteiger partial charge < -0.3 is 5.11 Å². The van der Waals surface area contributed by atoms with Crippen LogP contribution in [0.5, 0.6) is 0 Å². The van der Waals surface area contributed by atoms with Crippen molar-refractivity contribution in [1.82, 2.24) is 9.36 Å². The first-order chi connectivity index (χ1) is 17.3. The van der Waals surface area contributed by atoms with Crippen molar-refractivity contribution >= 4 is 23.1 Å². The first-order valence-electron chi connectivity index (χ1n) is 11.6. The molecule has 7 nitrogen and oxygen atoms in total. The highest BCUT2D eigenvalue weighted by molar-refractivity contribution is 6.51. The number of rotatable bonds is 4. The van der Waals surface area contributed by atoms with Crippen molar-refractivity contribution in [1.29, 1.82) is 0 Å². The molecular weight excluding hydrogens is 454 g/mol. The van der Waals surface area contributed by atoms with E-state index in [-0.39, 0.29) is 17.0 Å². The number of hydrogen-bond donors (Lipinski definition) is 1. The number of aliphatic hydroxyl groups is 1. The molecule has 0 bridgehead atoms. The van der Waals surface area contributed by atoms with Crippen LogP contribution in [0.1, 0.15) is 28.4 Å². The van der Waals surface area contributed by atoms with Crippen LogP contribution in [0.15, 0.2) is 95.3 Å². The van der Waals surface area contributed by atoms with E-state index in [0.29, 0.717) is 22.5 Å². The molecule has 1 amide bonds. The van der Waals surface area contributed by atoms with Crippen LogP contribution >= 0.6 is 0 Å². The molecule has 0 saturated carbocycles. The number of hydrogen-bond acceptors (Lipinski definition) is 4. The Kier molecular flexibility index (Phi) is 5.68. The molecular formula is C29H25N3O4. The average Bonchev–Trinajstić information content (AvgIpc) is 3.28. The van der Waals surface area contributed by atoms with E-state index in [0.717, 1.165) is 5.56 Å². The third-order valence-corrected chi connectivity index (χ3v) is 6.65. The molecule has 1 aromatic heterocycles. The van der Waals surface area contributed by atoms with Crippen LogP contribution in [-0.2, 0) is 16.6 Å². The molecule has 0 radical (unpaired) electrons. The summed E-state index contributed by atoms with van der Waals surface area (Å²) in [5.74, 6) is -1.97. The van der Waals surface area contributed by atoms with Gasteiger partial charge in [0.05, 0.1) is 23.0 Å². The number of para-hydroxylation sites is 1. The quantitative estimate of drug-likeness (QED) is 0.267. The smallest absolute Gasteiger partial charge is 0.300 e. The van der Waals surface area contributed by atoms with Crippen LogP contribution in [-0.4, -0.2) is 26.2 Å². The highest BCUT2D eigenvalue weighted by Crippen LogP contribution is 2.42. The molecule has 3 aromatic carbocycles. The van der Waals surface area contributed by atoms with Crippen molar-refractivity contribution in [2.75, 3.05) is 4.90 Å². The number of aromatic nitrogens is 2. The van der Waals surface area contributed by atoms with Crippen molar-refractivity contribution in [2.45, 2.75) is 19.9 Å². The maximum absolute atomic E-state index is 13.8. The van der Waals surface area contributed by atoms with Crippen molar-refractivity contribution in [3.63, 3.8) is 0 Å². The molecule has 1 atom stereocenters. The van der Waals surface area contributed by atoms with E-state index in [1.165, 1.54) is 9.58 Å². The topological polar surface area (TPSA) is 84.5 Å². The highest BCUT2D eigenvalue weighted by Gasteiger charge is 2.49. The van der Waals surface area contributed by atoms with Crippen molar-refractivity contribution in [3.8, 4) is 5.69 Å². The third-order valence-electron chi connectivity index (χ3n) is 6.65. The van der Waals surface area contributed by atoms with Gasteiger partial charge in [0.25, 0.3) is 17.2 Å². The molecule has 0 aliphatic carbocycles. The minimum Gasteiger partial charge on any atom is -0.507 e. The van der Waals surface area contributed by atoms with Gasteiger partial charge in [0.2, 0.25) is 0 Å². The summed E-state index contributed by atoms with van der Waals surface area (Å²) in [7, 11) is 1.73. The zero-order valence-corrected chi connectivity index (χ0v) is 20.2. The van der Waals surface area contributed by atoms with E-state index in [9.17, 15) is 19.5 Å². The number of amides is 1. The lowest BCUT2D eigenvalue weighted by atomic mass is 9.95. The molecule has 5 rings (SSSR count). The number of anilines is 1. The lowest BCUT2D eigenvalue weighted by Crippen LogP contribution is -2.34. The van der Waals surface area contributed by atoms with Gasteiger partial charge >= 0.3 is 0 Å². The Morgan fingerprint density at radius 3 is 2.00 bits per heavy atom. The van der Waals surface area contributed by atoms with Crippen LogP contribution in [0.3, 0.4) is 0 Å². The monoisotopic (exact) mass is 479 g/mol. The number of benzene rings is 3. The Labute approximate surface area is 208 Å². The molecule has 1 aliphatic rings. The molecule has 1 fully saturated rings. The number of aliphatic hydroxyl groups excluding tert-OH is 1. The first kappa shape index (κ1) is 23.1. The van der Waals surface area contributed by atoms with Gasteiger partial charge in [-0.15, -0.1) is 0 Å². The molecule has 180 valence electrons. The SMILES string of the molecule is Cc1ccc(C(O)=C2C(=O)C(=O)N(c3c(C)n(C)n(-c4ccccc4)c3=O)C2c2ccccc2)cc1. The molecule has 36 heavy (non-hydrogen) atoms. The Morgan fingerprint density at radius 1 is 0.806 bits per heavy atom. The standard InChI is InChI=1S/C29H25N3O4/c1-18-14-16-21(17-15-18)26(33)23-25(20-10-6-4-7-11-20)31(29(36)27(23)34)24-19(2)30(3)32(28(24)35)22-12-8-5-9-13-22/h4-17,25,33H,1-3H3. The predicted molar refractivity (Wildman–Crippen MR) is 138 cm³/mol. The molecule has 1 N–H and O–H groups in total. The van der Waals surface area contributed by atoms with Gasteiger partial charge in [-0.25, -0.2) is 4.68 Å². The number of Topliss-reactive ketones (excluding diaryl/α,β-unsaturated/α-hetero) is 1. The summed E-state index contributed by atoms with van der Waals surface area (Å²) >= 11 is 0. The van der Waals surface area contributed by atoms with Crippen molar-refractivity contribution in [2.24, 2.45) is 7.05 Å². The fourth-order valence-corrected chi connectivity index (χ4v) is 4.71. The van der Waals surface area contributed by atoms with Gasteiger partial charge in [0.15, 0.2) is 0 Å². The van der Waals surface area contributed by atoms with Gasteiger partial charge in [-0.05, 0) is 31.5 Å². The van der Waals surface area contributed by atoms with Crippen LogP contribution in [0.4, 0.5) is 5.69 Å². The number of nitrogens with zero attached hydrogens (tertiary/aromatic N) is 3. The van der Waals surface area contributed by atoms with E-state index >= 15 is 0 Å². The maximum atomic E-state index is 13.8. The van der Waals surface area contributed by atoms with E-state index < -0.39 is 23.3 Å². The summed E-state index contributed by atoms with van der Waals surface area (Å²) in [6.07, 6.45) is 0. The molecule has 1 saturated heterocycles. The molecule has 1 aliphatic heterocycles. The zero-order valence-electron chi connectivity index (χ0n) is 20.2. The fourth-order valence-electron chi connectivity index (χ4n) is 4.71. The average molecular weight is 480 g/mol. The molecule has 4 aromatic rings. The van der Waals surface area contributed by atoms with Crippen LogP contribution in [0.2, 0.25) is 0 Å². The van der Waals surface area contributed by atoms with Crippen LogP contribution in [0, 0.1) is 13.8 Å². The van der Waals surface area contributed by atoms with Gasteiger partial charge in [0, 0.05) is 12.6 Å². The summed E-state index contributed by atoms with van der Waals surface area (Å²) in [4.78, 5) is 41.9. The Hall–Kier alpha value is -4.65. The number of carbonyl (C=O) groups is 2. The van der Waals surface area contributed by atoms with Crippen molar-refractivity contribution in [3.05, 3.63) is 123 Å². The van der Waals surface area contributed by atoms with E-state index in [1.54, 1.807) is 67.2 Å². The summed E-state index contributed by atoms with van der Waals surface area (Å²) in [5.41, 5.74) is 2.79. The van der Waals surface area contributed by atoms with Gasteiger partial charge in [0.1, 0.15) is 11.4 Å². The second-order valence-corrected chi connectivity index (χ2v) is 8.86. The van der Waals surface area contributed by atoms with Crippen LogP contribution < -0.4 is 10.5 Å². The number of aryl methyl sites for hydroxylation is 1. The Morgan fingerprint density at radius 2 is 1.39 bits per heavy atom. The summed E-state index contributed by atoms with van der Waals surface area (Å²) in [5, 5.41) is 11.3. The van der Waals surface area contributed by atoms with Gasteiger partial charge in [-0.3, -0.25) is 24.0 Å². The first-order valence-corrected chi connectivity index (χ1v) is 11.6. The van der Waals surface area contributed by atoms with E-state index in [2.05, 4.69) is 0 Å². The number of ketones is 1. The summed E-state index contributed by atoms with van der Waals surface area (Å²) in [6, 6.07) is 24.1. The normalized spacial score (nSPS) is 17.1. The fraction of sp³-hybridized carbons (Fsp3) is 0.138. The van der Waals surface area contributed by atoms with Gasteiger partial charge in [-0.2, -0.15) is 0 Å². The highest BCUT2D eigenvalue weighted by atomic mass is 16.3. The second kappa shape index (κ2) is 8.85. The molecule has 1 unspecified atom stereocenters. The lowest BCUT2D eigenvalue weighted by molar-refractivity contribution is -0.132. The van der Waals surface area contributed by atoms with Crippen molar-refractivity contribution < 1.29 is 14.7 Å². The molecule has 2 heterocycles. The zero-order chi connectivity index (χ0) is 25.6. The second-order valence-electron chi connectivity index (χ2n) is 8.86. The molecule has 7 heteroatoms. The minimum absolute atomic E-state index is 0.0519. The Balaban J connectivity index is 1.77. The van der Waals surface area contributed by atoms with E-state index in [4.69, 9.17) is 0 Å². The largest absolute Gasteiger partial charge is 0.507 e. The number of carbonyl (C=O) groups excluding carboxylic acids is 2. The Bertz CT molecular complexity index is 1560.